The zero-order valence-electron chi connectivity index (χ0n) is 18.5. The van der Waals surface area contributed by atoms with Crippen LogP contribution in [0.25, 0.3) is 10.9 Å². The first-order chi connectivity index (χ1) is 16.6. The second kappa shape index (κ2) is 9.05. The average molecular weight is 464 g/mol. The summed E-state index contributed by atoms with van der Waals surface area (Å²) in [4.78, 5) is 31.8. The van der Waals surface area contributed by atoms with Gasteiger partial charge in [-0.2, -0.15) is 5.26 Å². The highest BCUT2D eigenvalue weighted by molar-refractivity contribution is 8.05. The number of ketones is 1. The number of aromatic nitrogens is 1. The zero-order chi connectivity index (χ0) is 23.7. The molecule has 0 bridgehead atoms. The highest BCUT2D eigenvalue weighted by Crippen LogP contribution is 2.42. The van der Waals surface area contributed by atoms with E-state index in [1.807, 2.05) is 85.8 Å². The molecule has 1 amide bonds. The van der Waals surface area contributed by atoms with Crippen LogP contribution in [0.3, 0.4) is 0 Å². The van der Waals surface area contributed by atoms with Crippen molar-refractivity contribution in [3.63, 3.8) is 0 Å². The Bertz CT molecular complexity index is 1480. The van der Waals surface area contributed by atoms with Crippen LogP contribution in [0.5, 0.6) is 0 Å². The van der Waals surface area contributed by atoms with E-state index in [0.717, 1.165) is 22.0 Å². The van der Waals surface area contributed by atoms with Crippen LogP contribution in [0.1, 0.15) is 21.5 Å². The Morgan fingerprint density at radius 1 is 1.03 bits per heavy atom. The fraction of sp³-hybridized carbons (Fsp3) is 0.107. The number of aryl methyl sites for hydroxylation is 1. The molecule has 1 saturated heterocycles. The molecule has 5 rings (SSSR count). The molecule has 0 aliphatic carbocycles. The lowest BCUT2D eigenvalue weighted by atomic mass is 10.0. The van der Waals surface area contributed by atoms with Gasteiger partial charge in [0.2, 0.25) is 11.7 Å². The number of nitriles is 1. The quantitative estimate of drug-likeness (QED) is 0.231. The van der Waals surface area contributed by atoms with E-state index in [2.05, 4.69) is 11.1 Å². The first kappa shape index (κ1) is 21.7. The smallest absolute Gasteiger partial charge is 0.245 e. The maximum atomic E-state index is 13.6. The van der Waals surface area contributed by atoms with Crippen molar-refractivity contribution in [3.8, 4) is 6.07 Å². The summed E-state index contributed by atoms with van der Waals surface area (Å²) in [6.45, 7) is 2.02. The standard InChI is InChI=1S/C28H21N3O2S/c1-18-9-5-6-10-19(18)15-25-27(33)31(20-11-3-2-4-12-20)28(34-25)22(16-29)26(32)23-17-30-24-14-8-7-13-21(23)24/h2-14,17,25,30H,15H2,1H3/b28-22-/t25-/m0/s1. The van der Waals surface area contributed by atoms with Gasteiger partial charge in [0, 0.05) is 28.4 Å². The van der Waals surface area contributed by atoms with E-state index in [1.165, 1.54) is 16.7 Å². The van der Waals surface area contributed by atoms with Gasteiger partial charge >= 0.3 is 0 Å². The number of thioether (sulfide) groups is 1. The minimum atomic E-state index is -0.435. The number of hydrogen-bond acceptors (Lipinski definition) is 4. The predicted octanol–water partition coefficient (Wildman–Crippen LogP) is 5.79. The molecule has 1 N–H and O–H groups in total. The van der Waals surface area contributed by atoms with Crippen LogP contribution in [0.4, 0.5) is 5.69 Å². The number of para-hydroxylation sites is 2. The first-order valence-corrected chi connectivity index (χ1v) is 11.8. The summed E-state index contributed by atoms with van der Waals surface area (Å²) in [6.07, 6.45) is 2.15. The zero-order valence-corrected chi connectivity index (χ0v) is 19.3. The lowest BCUT2D eigenvalue weighted by Gasteiger charge is -2.18. The number of carbonyl (C=O) groups is 2. The predicted molar refractivity (Wildman–Crippen MR) is 135 cm³/mol. The normalized spacial score (nSPS) is 17.1. The van der Waals surface area contributed by atoms with Gasteiger partial charge in [-0.25, -0.2) is 0 Å². The molecule has 0 radical (unpaired) electrons. The van der Waals surface area contributed by atoms with E-state index in [0.29, 0.717) is 22.7 Å². The third-order valence-electron chi connectivity index (χ3n) is 6.02. The number of benzene rings is 3. The summed E-state index contributed by atoms with van der Waals surface area (Å²) in [7, 11) is 0. The van der Waals surface area contributed by atoms with E-state index in [1.54, 1.807) is 6.20 Å². The third kappa shape index (κ3) is 3.81. The number of aromatic amines is 1. The molecule has 5 nitrogen and oxygen atoms in total. The summed E-state index contributed by atoms with van der Waals surface area (Å²) in [5.74, 6) is -0.526. The van der Waals surface area contributed by atoms with Crippen LogP contribution in [0.15, 0.2) is 95.7 Å². The van der Waals surface area contributed by atoms with Crippen molar-refractivity contribution in [2.75, 3.05) is 4.90 Å². The fourth-order valence-electron chi connectivity index (χ4n) is 4.23. The van der Waals surface area contributed by atoms with Crippen molar-refractivity contribution in [1.82, 2.24) is 4.98 Å². The summed E-state index contributed by atoms with van der Waals surface area (Å²) in [6, 6.07) is 26.7. The molecule has 166 valence electrons. The van der Waals surface area contributed by atoms with Crippen LogP contribution in [-0.2, 0) is 11.2 Å². The molecule has 0 unspecified atom stereocenters. The Kier molecular flexibility index (Phi) is 5.79. The minimum Gasteiger partial charge on any atom is -0.360 e. The lowest BCUT2D eigenvalue weighted by Crippen LogP contribution is -2.30. The van der Waals surface area contributed by atoms with Crippen molar-refractivity contribution in [2.45, 2.75) is 18.6 Å². The van der Waals surface area contributed by atoms with Crippen LogP contribution >= 0.6 is 11.8 Å². The van der Waals surface area contributed by atoms with Gasteiger partial charge < -0.3 is 4.98 Å². The summed E-state index contributed by atoms with van der Waals surface area (Å²) in [5.41, 5.74) is 4.03. The van der Waals surface area contributed by atoms with E-state index in [4.69, 9.17) is 0 Å². The van der Waals surface area contributed by atoms with Gasteiger partial charge in [0.25, 0.3) is 0 Å². The number of carbonyl (C=O) groups excluding carboxylic acids is 2. The monoisotopic (exact) mass is 463 g/mol. The summed E-state index contributed by atoms with van der Waals surface area (Å²) in [5, 5.41) is 10.8. The molecule has 0 saturated carbocycles. The van der Waals surface area contributed by atoms with Crippen LogP contribution in [0.2, 0.25) is 0 Å². The number of amides is 1. The largest absolute Gasteiger partial charge is 0.360 e. The van der Waals surface area contributed by atoms with E-state index >= 15 is 0 Å². The van der Waals surface area contributed by atoms with Crippen molar-refractivity contribution < 1.29 is 9.59 Å². The number of anilines is 1. The summed E-state index contributed by atoms with van der Waals surface area (Å²) < 4.78 is 0. The number of hydrogen-bond donors (Lipinski definition) is 1. The number of nitrogens with one attached hydrogen (secondary N) is 1. The topological polar surface area (TPSA) is 77.0 Å². The van der Waals surface area contributed by atoms with E-state index < -0.39 is 11.0 Å². The molecular weight excluding hydrogens is 442 g/mol. The lowest BCUT2D eigenvalue weighted by molar-refractivity contribution is -0.117. The first-order valence-electron chi connectivity index (χ1n) is 10.9. The van der Waals surface area contributed by atoms with Gasteiger partial charge in [0.1, 0.15) is 16.7 Å². The average Bonchev–Trinajstić information content (AvgIpc) is 3.43. The van der Waals surface area contributed by atoms with Crippen molar-refractivity contribution in [1.29, 1.82) is 5.26 Å². The van der Waals surface area contributed by atoms with Gasteiger partial charge in [-0.15, -0.1) is 0 Å². The number of fused-ring (bicyclic) bond motifs is 1. The second-order valence-electron chi connectivity index (χ2n) is 8.12. The minimum absolute atomic E-state index is 0.0285. The number of H-pyrrole nitrogens is 1. The molecule has 0 spiro atoms. The van der Waals surface area contributed by atoms with Crippen LogP contribution in [0, 0.1) is 18.3 Å². The van der Waals surface area contributed by atoms with Gasteiger partial charge in [-0.05, 0) is 42.7 Å². The maximum absolute atomic E-state index is 13.6. The van der Waals surface area contributed by atoms with Gasteiger partial charge in [0.05, 0.1) is 5.25 Å². The van der Waals surface area contributed by atoms with Gasteiger partial charge in [-0.3, -0.25) is 14.5 Å². The molecule has 1 aliphatic heterocycles. The number of allylic oxidation sites excluding steroid dienone is 1. The Morgan fingerprint density at radius 2 is 1.74 bits per heavy atom. The Hall–Kier alpha value is -4.08. The highest BCUT2D eigenvalue weighted by Gasteiger charge is 2.41. The Balaban J connectivity index is 1.61. The second-order valence-corrected chi connectivity index (χ2v) is 9.31. The Morgan fingerprint density at radius 3 is 2.50 bits per heavy atom. The number of nitrogens with zero attached hydrogens (tertiary/aromatic N) is 2. The molecule has 2 heterocycles. The van der Waals surface area contributed by atoms with Crippen molar-refractivity contribution in [3.05, 3.63) is 112 Å². The van der Waals surface area contributed by atoms with E-state index in [9.17, 15) is 14.9 Å². The molecule has 1 atom stereocenters. The SMILES string of the molecule is Cc1ccccc1C[C@@H]1S/C(=C(/C#N)C(=O)c2c[nH]c3ccccc23)N(c2ccccc2)C1=O. The van der Waals surface area contributed by atoms with Crippen LogP contribution < -0.4 is 4.90 Å². The molecule has 6 heteroatoms. The molecule has 34 heavy (non-hydrogen) atoms. The number of Topliss-reactive ketones (excluding diaryl/α,β-unsaturated/α-hetero) is 1. The molecular formula is C28H21N3O2S. The fourth-order valence-corrected chi connectivity index (χ4v) is 5.53. The molecule has 4 aromatic rings. The molecule has 3 aromatic carbocycles. The van der Waals surface area contributed by atoms with Gasteiger partial charge in [0.15, 0.2) is 0 Å². The molecule has 1 fully saturated rings. The van der Waals surface area contributed by atoms with E-state index in [-0.39, 0.29) is 11.5 Å². The third-order valence-corrected chi connectivity index (χ3v) is 7.28. The molecule has 1 aliphatic rings. The summed E-state index contributed by atoms with van der Waals surface area (Å²) >= 11 is 1.29. The highest BCUT2D eigenvalue weighted by atomic mass is 32.2. The Labute approximate surface area is 201 Å². The van der Waals surface area contributed by atoms with Crippen molar-refractivity contribution in [2.24, 2.45) is 0 Å². The van der Waals surface area contributed by atoms with Crippen LogP contribution in [-0.4, -0.2) is 21.9 Å². The van der Waals surface area contributed by atoms with Crippen molar-refractivity contribution >= 4 is 40.0 Å². The maximum Gasteiger partial charge on any atom is 0.245 e. The van der Waals surface area contributed by atoms with Gasteiger partial charge in [-0.1, -0.05) is 72.4 Å². The molecule has 1 aromatic heterocycles. The number of rotatable bonds is 5.